The summed E-state index contributed by atoms with van der Waals surface area (Å²) in [6.45, 7) is 2.83. The second-order valence-electron chi connectivity index (χ2n) is 7.46. The van der Waals surface area contributed by atoms with Crippen LogP contribution in [-0.2, 0) is 6.54 Å². The lowest BCUT2D eigenvalue weighted by atomic mass is 10.1. The Morgan fingerprint density at radius 2 is 1.86 bits per heavy atom. The standard InChI is InChI=1S/C22H21N5S/c1-15-7-9-16(10-8-15)13-26-14-18(12-23-26)27-21(24-25-22(27)28)20-11-19(20)17-5-3-2-4-6-17/h2-10,12,14,19-20H,11,13H2,1H3,(H,25,28)/t19-,20-/m1/s1. The first-order chi connectivity index (χ1) is 13.7. The van der Waals surface area contributed by atoms with Gasteiger partial charge in [-0.25, -0.2) is 0 Å². The number of rotatable bonds is 5. The Kier molecular flexibility index (Phi) is 4.20. The van der Waals surface area contributed by atoms with Crippen molar-refractivity contribution in [3.8, 4) is 5.69 Å². The number of aromatic amines is 1. The van der Waals surface area contributed by atoms with Gasteiger partial charge in [0.15, 0.2) is 4.77 Å². The molecule has 1 aliphatic carbocycles. The van der Waals surface area contributed by atoms with E-state index in [1.54, 1.807) is 0 Å². The summed E-state index contributed by atoms with van der Waals surface area (Å²) in [5.41, 5.74) is 4.81. The Bertz CT molecular complexity index is 1150. The topological polar surface area (TPSA) is 51.4 Å². The van der Waals surface area contributed by atoms with Crippen LogP contribution in [0.25, 0.3) is 5.69 Å². The van der Waals surface area contributed by atoms with E-state index in [0.29, 0.717) is 16.6 Å². The van der Waals surface area contributed by atoms with Crippen LogP contribution in [0.3, 0.4) is 0 Å². The fraction of sp³-hybridized carbons (Fsp3) is 0.227. The molecule has 0 unspecified atom stereocenters. The zero-order valence-electron chi connectivity index (χ0n) is 15.6. The van der Waals surface area contributed by atoms with Gasteiger partial charge in [0, 0.05) is 12.1 Å². The van der Waals surface area contributed by atoms with Crippen molar-refractivity contribution >= 4 is 12.2 Å². The van der Waals surface area contributed by atoms with Gasteiger partial charge in [-0.3, -0.25) is 14.3 Å². The molecule has 1 saturated carbocycles. The van der Waals surface area contributed by atoms with Gasteiger partial charge in [0.1, 0.15) is 5.82 Å². The van der Waals surface area contributed by atoms with Gasteiger partial charge in [-0.15, -0.1) is 0 Å². The van der Waals surface area contributed by atoms with E-state index in [4.69, 9.17) is 12.2 Å². The van der Waals surface area contributed by atoms with Gasteiger partial charge < -0.3 is 0 Å². The van der Waals surface area contributed by atoms with Gasteiger partial charge in [-0.1, -0.05) is 60.2 Å². The fourth-order valence-corrected chi connectivity index (χ4v) is 4.04. The minimum Gasteiger partial charge on any atom is -0.269 e. The molecule has 5 nitrogen and oxygen atoms in total. The molecule has 28 heavy (non-hydrogen) atoms. The molecule has 4 aromatic rings. The van der Waals surface area contributed by atoms with Crippen molar-refractivity contribution < 1.29 is 0 Å². The number of benzene rings is 2. The van der Waals surface area contributed by atoms with Gasteiger partial charge in [0.25, 0.3) is 0 Å². The minimum atomic E-state index is 0.385. The molecule has 1 N–H and O–H groups in total. The van der Waals surface area contributed by atoms with Crippen molar-refractivity contribution in [2.45, 2.75) is 31.7 Å². The van der Waals surface area contributed by atoms with Gasteiger partial charge in [-0.2, -0.15) is 10.2 Å². The second kappa shape index (κ2) is 6.87. The molecule has 0 aliphatic heterocycles. The lowest BCUT2D eigenvalue weighted by molar-refractivity contribution is 0.686. The smallest absolute Gasteiger partial charge is 0.199 e. The largest absolute Gasteiger partial charge is 0.269 e. The molecule has 0 radical (unpaired) electrons. The molecular formula is C22H21N5S. The van der Waals surface area contributed by atoms with E-state index in [1.807, 2.05) is 21.6 Å². The summed E-state index contributed by atoms with van der Waals surface area (Å²) in [7, 11) is 0. The van der Waals surface area contributed by atoms with Crippen LogP contribution >= 0.6 is 12.2 Å². The van der Waals surface area contributed by atoms with E-state index in [-0.39, 0.29) is 0 Å². The number of aryl methyl sites for hydroxylation is 1. The molecule has 2 atom stereocenters. The predicted molar refractivity (Wildman–Crippen MR) is 111 cm³/mol. The molecule has 2 aromatic carbocycles. The molecule has 5 rings (SSSR count). The van der Waals surface area contributed by atoms with E-state index in [0.717, 1.165) is 24.5 Å². The van der Waals surface area contributed by atoms with E-state index in [1.165, 1.54) is 16.7 Å². The van der Waals surface area contributed by atoms with Crippen LogP contribution in [0.4, 0.5) is 0 Å². The van der Waals surface area contributed by atoms with Crippen LogP contribution in [0.1, 0.15) is 40.8 Å². The van der Waals surface area contributed by atoms with Crippen LogP contribution < -0.4 is 0 Å². The Morgan fingerprint density at radius 3 is 2.64 bits per heavy atom. The lowest BCUT2D eigenvalue weighted by Crippen LogP contribution is -2.02. The molecule has 0 spiro atoms. The minimum absolute atomic E-state index is 0.385. The maximum absolute atomic E-state index is 5.52. The first kappa shape index (κ1) is 17.1. The highest BCUT2D eigenvalue weighted by Gasteiger charge is 2.43. The molecule has 1 fully saturated rings. The van der Waals surface area contributed by atoms with Crippen molar-refractivity contribution in [2.24, 2.45) is 0 Å². The van der Waals surface area contributed by atoms with Crippen molar-refractivity contribution in [1.82, 2.24) is 24.5 Å². The third-order valence-electron chi connectivity index (χ3n) is 5.39. The van der Waals surface area contributed by atoms with Gasteiger partial charge in [-0.05, 0) is 42.6 Å². The molecule has 0 amide bonds. The number of aromatic nitrogens is 5. The van der Waals surface area contributed by atoms with Crippen LogP contribution in [0, 0.1) is 11.7 Å². The number of hydrogen-bond donors (Lipinski definition) is 1. The molecule has 140 valence electrons. The number of nitrogens with one attached hydrogen (secondary N) is 1. The highest BCUT2D eigenvalue weighted by molar-refractivity contribution is 7.71. The first-order valence-electron chi connectivity index (χ1n) is 9.49. The molecule has 2 heterocycles. The monoisotopic (exact) mass is 387 g/mol. The fourth-order valence-electron chi connectivity index (χ4n) is 3.79. The average molecular weight is 388 g/mol. The average Bonchev–Trinajstić information content (AvgIpc) is 3.23. The summed E-state index contributed by atoms with van der Waals surface area (Å²) in [5.74, 6) is 1.89. The van der Waals surface area contributed by atoms with Crippen LogP contribution in [0.15, 0.2) is 67.0 Å². The van der Waals surface area contributed by atoms with Gasteiger partial charge in [0.05, 0.1) is 18.4 Å². The van der Waals surface area contributed by atoms with E-state index in [2.05, 4.69) is 76.8 Å². The van der Waals surface area contributed by atoms with Gasteiger partial charge in [0.2, 0.25) is 0 Å². The van der Waals surface area contributed by atoms with Crippen molar-refractivity contribution in [3.05, 3.63) is 94.3 Å². The Labute approximate surface area is 168 Å². The van der Waals surface area contributed by atoms with Crippen molar-refractivity contribution in [3.63, 3.8) is 0 Å². The second-order valence-corrected chi connectivity index (χ2v) is 7.85. The summed E-state index contributed by atoms with van der Waals surface area (Å²) in [6, 6.07) is 19.2. The van der Waals surface area contributed by atoms with Crippen LogP contribution in [-0.4, -0.2) is 24.5 Å². The predicted octanol–water partition coefficient (Wildman–Crippen LogP) is 4.75. The first-order valence-corrected chi connectivity index (χ1v) is 9.90. The summed E-state index contributed by atoms with van der Waals surface area (Å²) in [5, 5.41) is 12.1. The van der Waals surface area contributed by atoms with Crippen LogP contribution in [0.2, 0.25) is 0 Å². The number of nitrogens with zero attached hydrogens (tertiary/aromatic N) is 4. The van der Waals surface area contributed by atoms with Gasteiger partial charge >= 0.3 is 0 Å². The molecular weight excluding hydrogens is 366 g/mol. The van der Waals surface area contributed by atoms with Crippen molar-refractivity contribution in [1.29, 1.82) is 0 Å². The zero-order valence-corrected chi connectivity index (χ0v) is 16.4. The van der Waals surface area contributed by atoms with E-state index in [9.17, 15) is 0 Å². The van der Waals surface area contributed by atoms with Crippen molar-refractivity contribution in [2.75, 3.05) is 0 Å². The highest BCUT2D eigenvalue weighted by Crippen LogP contribution is 2.54. The lowest BCUT2D eigenvalue weighted by Gasteiger charge is -2.05. The third kappa shape index (κ3) is 3.20. The quantitative estimate of drug-likeness (QED) is 0.503. The summed E-state index contributed by atoms with van der Waals surface area (Å²) in [4.78, 5) is 0. The number of hydrogen-bond acceptors (Lipinski definition) is 3. The zero-order chi connectivity index (χ0) is 19.1. The van der Waals surface area contributed by atoms with E-state index < -0.39 is 0 Å². The summed E-state index contributed by atoms with van der Waals surface area (Å²) in [6.07, 6.45) is 5.00. The Morgan fingerprint density at radius 1 is 1.07 bits per heavy atom. The summed E-state index contributed by atoms with van der Waals surface area (Å²) >= 11 is 5.52. The third-order valence-corrected chi connectivity index (χ3v) is 5.66. The molecule has 1 aliphatic rings. The number of H-pyrrole nitrogens is 1. The van der Waals surface area contributed by atoms with E-state index >= 15 is 0 Å². The molecule has 0 bridgehead atoms. The van der Waals surface area contributed by atoms with Crippen LogP contribution in [0.5, 0.6) is 0 Å². The normalized spacial score (nSPS) is 18.3. The Balaban J connectivity index is 1.41. The molecule has 0 saturated heterocycles. The molecule has 2 aromatic heterocycles. The maximum atomic E-state index is 5.52. The molecule has 6 heteroatoms. The SMILES string of the molecule is Cc1ccc(Cn2cc(-n3c([C@@H]4C[C@@H]4c4ccccc4)n[nH]c3=S)cn2)cc1. The Hall–Kier alpha value is -2.99. The maximum Gasteiger partial charge on any atom is 0.199 e. The highest BCUT2D eigenvalue weighted by atomic mass is 32.1. The summed E-state index contributed by atoms with van der Waals surface area (Å²) < 4.78 is 4.59.